The smallest absolute Gasteiger partial charge is 0.139 e. The lowest BCUT2D eigenvalue weighted by Crippen LogP contribution is -1.90. The number of thiocarbonyl (C=S) groups is 1. The van der Waals surface area contributed by atoms with E-state index in [0.717, 1.165) is 40.8 Å². The first-order valence-corrected chi connectivity index (χ1v) is 10.2. The number of rotatable bonds is 6. The Morgan fingerprint density at radius 1 is 0.862 bits per heavy atom. The van der Waals surface area contributed by atoms with Crippen molar-refractivity contribution in [3.8, 4) is 23.0 Å². The summed E-state index contributed by atoms with van der Waals surface area (Å²) in [6.07, 6.45) is 4.34. The van der Waals surface area contributed by atoms with Crippen LogP contribution in [0.15, 0.2) is 71.7 Å². The second-order valence-electron chi connectivity index (χ2n) is 6.85. The van der Waals surface area contributed by atoms with Crippen LogP contribution in [0.5, 0.6) is 0 Å². The highest BCUT2D eigenvalue weighted by Crippen LogP contribution is 2.23. The maximum atomic E-state index is 14.3. The first-order chi connectivity index (χ1) is 14.2. The van der Waals surface area contributed by atoms with Crippen LogP contribution in [0.2, 0.25) is 0 Å². The molecule has 1 nitrogen and oxygen atoms in total. The van der Waals surface area contributed by atoms with E-state index < -0.39 is 0 Å². The quantitative estimate of drug-likeness (QED) is 0.182. The van der Waals surface area contributed by atoms with Crippen molar-refractivity contribution in [1.29, 1.82) is 0 Å². The molecule has 0 N–H and O–H groups in total. The van der Waals surface area contributed by atoms with E-state index >= 15 is 0 Å². The Labute approximate surface area is 177 Å². The number of hydrogen-bond acceptors (Lipinski definition) is 2. The van der Waals surface area contributed by atoms with Gasteiger partial charge in [-0.3, -0.25) is 0 Å². The SMILES string of the molecule is CCCCCc1ccc(C#Cc2ccc(-c3ccc(N=C=S)cc3)cc2)c(F)c1. The van der Waals surface area contributed by atoms with Gasteiger partial charge in [-0.2, -0.15) is 4.99 Å². The van der Waals surface area contributed by atoms with Crippen molar-refractivity contribution >= 4 is 23.1 Å². The van der Waals surface area contributed by atoms with E-state index in [2.05, 4.69) is 41.1 Å². The zero-order valence-corrected chi connectivity index (χ0v) is 17.2. The molecule has 0 aromatic heterocycles. The minimum absolute atomic E-state index is 0.248. The van der Waals surface area contributed by atoms with E-state index in [0.29, 0.717) is 5.56 Å². The summed E-state index contributed by atoms with van der Waals surface area (Å²) >= 11 is 4.62. The van der Waals surface area contributed by atoms with E-state index in [1.165, 1.54) is 12.8 Å². The summed E-state index contributed by atoms with van der Waals surface area (Å²) in [6.45, 7) is 2.17. The molecule has 0 saturated carbocycles. The molecule has 0 atom stereocenters. The fourth-order valence-electron chi connectivity index (χ4n) is 3.06. The summed E-state index contributed by atoms with van der Waals surface area (Å²) in [5.41, 5.74) is 5.26. The van der Waals surface area contributed by atoms with E-state index in [4.69, 9.17) is 0 Å². The first-order valence-electron chi connectivity index (χ1n) is 9.78. The Morgan fingerprint density at radius 2 is 1.55 bits per heavy atom. The third kappa shape index (κ3) is 5.96. The van der Waals surface area contributed by atoms with Crippen LogP contribution < -0.4 is 0 Å². The van der Waals surface area contributed by atoms with E-state index in [1.807, 2.05) is 54.6 Å². The second kappa shape index (κ2) is 10.5. The molecule has 0 radical (unpaired) electrons. The Morgan fingerprint density at radius 3 is 2.17 bits per heavy atom. The van der Waals surface area contributed by atoms with Crippen molar-refractivity contribution in [3.63, 3.8) is 0 Å². The van der Waals surface area contributed by atoms with Gasteiger partial charge >= 0.3 is 0 Å². The first kappa shape index (κ1) is 20.7. The number of benzene rings is 3. The summed E-state index contributed by atoms with van der Waals surface area (Å²) in [5.74, 6) is 5.76. The summed E-state index contributed by atoms with van der Waals surface area (Å²) in [4.78, 5) is 3.96. The number of aryl methyl sites for hydroxylation is 1. The second-order valence-corrected chi connectivity index (χ2v) is 7.03. The lowest BCUT2D eigenvalue weighted by atomic mass is 10.0. The van der Waals surface area contributed by atoms with Crippen LogP contribution in [-0.2, 0) is 6.42 Å². The zero-order chi connectivity index (χ0) is 20.5. The Bertz CT molecular complexity index is 1070. The fourth-order valence-corrected chi connectivity index (χ4v) is 3.17. The molecule has 0 spiro atoms. The fraction of sp³-hybridized carbons (Fsp3) is 0.192. The molecule has 3 aromatic rings. The van der Waals surface area contributed by atoms with Crippen molar-refractivity contribution in [2.24, 2.45) is 4.99 Å². The van der Waals surface area contributed by atoms with Gasteiger partial charge in [0.05, 0.1) is 16.4 Å². The summed E-state index contributed by atoms with van der Waals surface area (Å²) in [6, 6.07) is 21.1. The lowest BCUT2D eigenvalue weighted by Gasteiger charge is -2.03. The molecular weight excluding hydrogens is 377 g/mol. The number of isothiocyanates is 1. The Hall–Kier alpha value is -3.05. The number of hydrogen-bond donors (Lipinski definition) is 0. The molecule has 3 heteroatoms. The monoisotopic (exact) mass is 399 g/mol. The Balaban J connectivity index is 1.70. The highest BCUT2D eigenvalue weighted by atomic mass is 32.1. The number of aliphatic imine (C=N–C) groups is 1. The molecule has 3 rings (SSSR count). The molecule has 0 heterocycles. The van der Waals surface area contributed by atoms with Gasteiger partial charge in [0, 0.05) is 5.56 Å². The minimum atomic E-state index is -0.248. The number of nitrogens with zero attached hydrogens (tertiary/aromatic N) is 1. The molecule has 0 aliphatic heterocycles. The van der Waals surface area contributed by atoms with Crippen LogP contribution in [-0.4, -0.2) is 5.16 Å². The topological polar surface area (TPSA) is 12.4 Å². The van der Waals surface area contributed by atoms with Crippen LogP contribution in [0, 0.1) is 17.7 Å². The molecule has 29 heavy (non-hydrogen) atoms. The van der Waals surface area contributed by atoms with Crippen LogP contribution >= 0.6 is 12.2 Å². The van der Waals surface area contributed by atoms with Gasteiger partial charge in [-0.25, -0.2) is 4.39 Å². The van der Waals surface area contributed by atoms with Crippen molar-refractivity contribution in [3.05, 3.63) is 89.2 Å². The predicted octanol–water partition coefficient (Wildman–Crippen LogP) is 7.36. The van der Waals surface area contributed by atoms with Crippen molar-refractivity contribution < 1.29 is 4.39 Å². The van der Waals surface area contributed by atoms with Crippen molar-refractivity contribution in [2.75, 3.05) is 0 Å². The minimum Gasteiger partial charge on any atom is -0.206 e. The normalized spacial score (nSPS) is 10.0. The average molecular weight is 400 g/mol. The lowest BCUT2D eigenvalue weighted by molar-refractivity contribution is 0.619. The summed E-state index contributed by atoms with van der Waals surface area (Å²) < 4.78 is 14.3. The van der Waals surface area contributed by atoms with Gasteiger partial charge in [0.1, 0.15) is 5.82 Å². The van der Waals surface area contributed by atoms with Crippen LogP contribution in [0.1, 0.15) is 42.9 Å². The molecule has 0 fully saturated rings. The highest BCUT2D eigenvalue weighted by Gasteiger charge is 2.02. The van der Waals surface area contributed by atoms with Gasteiger partial charge in [0.25, 0.3) is 0 Å². The van der Waals surface area contributed by atoms with Gasteiger partial charge in [0.15, 0.2) is 0 Å². The third-order valence-corrected chi connectivity index (χ3v) is 4.80. The van der Waals surface area contributed by atoms with Gasteiger partial charge in [0.2, 0.25) is 0 Å². The number of halogens is 1. The van der Waals surface area contributed by atoms with Crippen molar-refractivity contribution in [2.45, 2.75) is 32.6 Å². The molecule has 3 aromatic carbocycles. The maximum Gasteiger partial charge on any atom is 0.139 e. The predicted molar refractivity (Wildman–Crippen MR) is 122 cm³/mol. The molecule has 0 aliphatic carbocycles. The standard InChI is InChI=1S/C26H22FNS/c1-2-3-4-5-21-9-13-24(26(27)18-21)12-8-20-6-10-22(11-7-20)23-14-16-25(17-15-23)28-19-29/h6-7,9-11,13-18H,2-5H2,1H3. The molecule has 0 bridgehead atoms. The molecule has 0 saturated heterocycles. The van der Waals surface area contributed by atoms with Crippen molar-refractivity contribution in [1.82, 2.24) is 0 Å². The molecule has 144 valence electrons. The largest absolute Gasteiger partial charge is 0.206 e. The molecule has 0 amide bonds. The highest BCUT2D eigenvalue weighted by molar-refractivity contribution is 7.78. The average Bonchev–Trinajstić information content (AvgIpc) is 2.75. The van der Waals surface area contributed by atoms with E-state index in [-0.39, 0.29) is 5.82 Å². The van der Waals surface area contributed by atoms with Gasteiger partial charge in [-0.15, -0.1) is 0 Å². The van der Waals surface area contributed by atoms with Gasteiger partial charge in [-0.1, -0.05) is 61.9 Å². The zero-order valence-electron chi connectivity index (χ0n) is 16.4. The van der Waals surface area contributed by atoms with Crippen LogP contribution in [0.4, 0.5) is 10.1 Å². The molecule has 0 aliphatic rings. The van der Waals surface area contributed by atoms with Gasteiger partial charge in [-0.05, 0) is 78.1 Å². The maximum absolute atomic E-state index is 14.3. The third-order valence-electron chi connectivity index (χ3n) is 4.70. The van der Waals surface area contributed by atoms with E-state index in [1.54, 1.807) is 12.1 Å². The molecule has 0 unspecified atom stereocenters. The molecular formula is C26H22FNS. The van der Waals surface area contributed by atoms with Crippen LogP contribution in [0.25, 0.3) is 11.1 Å². The number of unbranched alkanes of at least 4 members (excludes halogenated alkanes) is 2. The summed E-state index contributed by atoms with van der Waals surface area (Å²) in [5, 5.41) is 2.36. The van der Waals surface area contributed by atoms with Gasteiger partial charge < -0.3 is 0 Å². The van der Waals surface area contributed by atoms with Crippen LogP contribution in [0.3, 0.4) is 0 Å². The van der Waals surface area contributed by atoms with E-state index in [9.17, 15) is 4.39 Å². The Kier molecular flexibility index (Phi) is 7.47. The summed E-state index contributed by atoms with van der Waals surface area (Å²) in [7, 11) is 0.